The lowest BCUT2D eigenvalue weighted by Gasteiger charge is -2.57. The number of sulfone groups is 1. The fourth-order valence-corrected chi connectivity index (χ4v) is 11.3. The number of ketones is 1. The molecule has 39 heavy (non-hydrogen) atoms. The molecule has 0 amide bonds. The van der Waals surface area contributed by atoms with Gasteiger partial charge in [0.15, 0.2) is 15.6 Å². The Kier molecular flexibility index (Phi) is 4.69. The van der Waals surface area contributed by atoms with Crippen LogP contribution in [0.2, 0.25) is 0 Å². The van der Waals surface area contributed by atoms with Crippen molar-refractivity contribution in [1.82, 2.24) is 0 Å². The molecule has 0 N–H and O–H groups in total. The number of carbonyl (C=O) groups excluding carboxylic acids is 1. The molecule has 4 aromatic rings. The lowest BCUT2D eigenvalue weighted by molar-refractivity contribution is -0.123. The lowest BCUT2D eigenvalue weighted by Crippen LogP contribution is -2.57. The summed E-state index contributed by atoms with van der Waals surface area (Å²) in [5, 5.41) is 0. The molecule has 192 valence electrons. The number of fused-ring (bicyclic) bond motifs is 8. The molecule has 4 unspecified atom stereocenters. The second kappa shape index (κ2) is 7.89. The highest BCUT2D eigenvalue weighted by molar-refractivity contribution is 7.91. The fraction of sp³-hybridized carbons (Fsp3) is 0.229. The summed E-state index contributed by atoms with van der Waals surface area (Å²) < 4.78 is 26.2. The topological polar surface area (TPSA) is 51.2 Å². The van der Waals surface area contributed by atoms with Crippen molar-refractivity contribution in [2.75, 3.05) is 11.5 Å². The molecule has 3 aliphatic carbocycles. The first-order chi connectivity index (χ1) is 19.0. The standard InChI is InChI=1S/C35H28O3S/c36-33-34(25-17-9-3-10-18-25)29(23-13-5-1-6-14-23)30(24-15-7-2-8-16-24)35(33,26-19-11-4-12-20-26)32-28-22-39(37,38)21-27(28)31(32)34/h1-20,27-28,31-32H,21-22H2/t27?,28?,31?,32?,34-,35+. The molecule has 3 fully saturated rings. The maximum absolute atomic E-state index is 15.6. The van der Waals surface area contributed by atoms with Gasteiger partial charge in [0.1, 0.15) is 0 Å². The summed E-state index contributed by atoms with van der Waals surface area (Å²) in [6.45, 7) is 0. The lowest BCUT2D eigenvalue weighted by atomic mass is 9.43. The third-order valence-electron chi connectivity index (χ3n) is 10.1. The number of hydrogen-bond acceptors (Lipinski definition) is 3. The van der Waals surface area contributed by atoms with Crippen LogP contribution in [0, 0.1) is 23.7 Å². The highest BCUT2D eigenvalue weighted by Crippen LogP contribution is 2.80. The summed E-state index contributed by atoms with van der Waals surface area (Å²) in [6, 6.07) is 41.0. The maximum Gasteiger partial charge on any atom is 0.163 e. The second-order valence-corrected chi connectivity index (χ2v) is 13.8. The van der Waals surface area contributed by atoms with Crippen molar-refractivity contribution in [3.8, 4) is 0 Å². The van der Waals surface area contributed by atoms with Crippen LogP contribution in [0.5, 0.6) is 0 Å². The zero-order chi connectivity index (χ0) is 26.4. The van der Waals surface area contributed by atoms with Gasteiger partial charge in [0, 0.05) is 0 Å². The van der Waals surface area contributed by atoms with Gasteiger partial charge in [0.25, 0.3) is 0 Å². The van der Waals surface area contributed by atoms with Crippen molar-refractivity contribution in [2.45, 2.75) is 10.8 Å². The Balaban J connectivity index is 1.57. The van der Waals surface area contributed by atoms with Gasteiger partial charge in [-0.3, -0.25) is 4.79 Å². The normalized spacial score (nSPS) is 33.5. The van der Waals surface area contributed by atoms with E-state index in [2.05, 4.69) is 48.5 Å². The molecule has 4 heteroatoms. The molecule has 1 saturated heterocycles. The van der Waals surface area contributed by atoms with Gasteiger partial charge in [0.05, 0.1) is 22.3 Å². The van der Waals surface area contributed by atoms with E-state index in [9.17, 15) is 8.42 Å². The van der Waals surface area contributed by atoms with Crippen molar-refractivity contribution in [3.63, 3.8) is 0 Å². The maximum atomic E-state index is 15.6. The Morgan fingerprint density at radius 1 is 0.513 bits per heavy atom. The monoisotopic (exact) mass is 528 g/mol. The number of rotatable bonds is 4. The minimum Gasteiger partial charge on any atom is -0.297 e. The first kappa shape index (κ1) is 23.2. The summed E-state index contributed by atoms with van der Waals surface area (Å²) >= 11 is 0. The smallest absolute Gasteiger partial charge is 0.163 e. The van der Waals surface area contributed by atoms with Gasteiger partial charge >= 0.3 is 0 Å². The Morgan fingerprint density at radius 3 is 1.21 bits per heavy atom. The zero-order valence-corrected chi connectivity index (χ0v) is 22.2. The third kappa shape index (κ3) is 2.73. The molecule has 8 rings (SSSR count). The van der Waals surface area contributed by atoms with Crippen molar-refractivity contribution < 1.29 is 13.2 Å². The van der Waals surface area contributed by atoms with E-state index in [1.807, 2.05) is 72.8 Å². The van der Waals surface area contributed by atoms with Crippen LogP contribution in [-0.4, -0.2) is 25.7 Å². The highest BCUT2D eigenvalue weighted by Gasteiger charge is 2.84. The van der Waals surface area contributed by atoms with E-state index in [-0.39, 0.29) is 41.0 Å². The average molecular weight is 529 g/mol. The SMILES string of the molecule is O=C1[C@@]2(c3ccccc3)C(c3ccccc3)=C(c3ccccc3)[C@]1(c1ccccc1)C1C3CS(=O)(=O)CC3C12. The van der Waals surface area contributed by atoms with Gasteiger partial charge in [-0.1, -0.05) is 121 Å². The van der Waals surface area contributed by atoms with E-state index in [1.165, 1.54) is 0 Å². The van der Waals surface area contributed by atoms with Crippen LogP contribution in [0.4, 0.5) is 0 Å². The van der Waals surface area contributed by atoms with Crippen LogP contribution in [0.25, 0.3) is 11.1 Å². The van der Waals surface area contributed by atoms with Gasteiger partial charge in [0.2, 0.25) is 0 Å². The van der Waals surface area contributed by atoms with E-state index in [0.717, 1.165) is 33.4 Å². The Morgan fingerprint density at radius 2 is 0.846 bits per heavy atom. The number of benzene rings is 4. The van der Waals surface area contributed by atoms with Crippen LogP contribution < -0.4 is 0 Å². The molecule has 0 spiro atoms. The molecule has 2 saturated carbocycles. The quantitative estimate of drug-likeness (QED) is 0.328. The predicted octanol–water partition coefficient (Wildman–Crippen LogP) is 5.98. The number of Topliss-reactive ketones (excluding diaryl/α,β-unsaturated/α-hetero) is 1. The highest BCUT2D eigenvalue weighted by atomic mass is 32.2. The molecular formula is C35H28O3S. The van der Waals surface area contributed by atoms with Crippen molar-refractivity contribution in [3.05, 3.63) is 144 Å². The Bertz CT molecular complexity index is 1620. The number of hydrogen-bond donors (Lipinski definition) is 0. The first-order valence-corrected chi connectivity index (χ1v) is 15.6. The second-order valence-electron chi connectivity index (χ2n) is 11.6. The first-order valence-electron chi connectivity index (χ1n) is 13.7. The summed E-state index contributed by atoms with van der Waals surface area (Å²) in [5.74, 6) is 0.376. The molecule has 2 bridgehead atoms. The van der Waals surface area contributed by atoms with Gasteiger partial charge in [-0.25, -0.2) is 8.42 Å². The van der Waals surface area contributed by atoms with Crippen molar-refractivity contribution >= 4 is 26.8 Å². The van der Waals surface area contributed by atoms with Gasteiger partial charge < -0.3 is 0 Å². The van der Waals surface area contributed by atoms with E-state index >= 15 is 4.79 Å². The van der Waals surface area contributed by atoms with Gasteiger partial charge in [-0.15, -0.1) is 0 Å². The minimum atomic E-state index is -3.17. The van der Waals surface area contributed by atoms with Crippen LogP contribution in [0.1, 0.15) is 22.3 Å². The largest absolute Gasteiger partial charge is 0.297 e. The van der Waals surface area contributed by atoms with E-state index in [0.29, 0.717) is 0 Å². The molecule has 6 atom stereocenters. The number of allylic oxidation sites excluding steroid dienone is 2. The molecule has 4 aromatic carbocycles. The summed E-state index contributed by atoms with van der Waals surface area (Å²) in [5.41, 5.74) is 4.30. The van der Waals surface area contributed by atoms with E-state index in [1.54, 1.807) is 0 Å². The summed E-state index contributed by atoms with van der Waals surface area (Å²) in [6.07, 6.45) is 0. The van der Waals surface area contributed by atoms with Crippen LogP contribution in [0.3, 0.4) is 0 Å². The van der Waals surface area contributed by atoms with Crippen molar-refractivity contribution in [1.29, 1.82) is 0 Å². The summed E-state index contributed by atoms with van der Waals surface area (Å²) in [4.78, 5) is 15.6. The predicted molar refractivity (Wildman–Crippen MR) is 154 cm³/mol. The molecule has 3 nitrogen and oxygen atoms in total. The average Bonchev–Trinajstić information content (AvgIpc) is 3.47. The summed E-state index contributed by atoms with van der Waals surface area (Å²) in [7, 11) is -3.17. The Hall–Kier alpha value is -3.76. The zero-order valence-electron chi connectivity index (χ0n) is 21.4. The minimum absolute atomic E-state index is 0.0224. The van der Waals surface area contributed by atoms with Crippen LogP contribution in [0.15, 0.2) is 121 Å². The molecular weight excluding hydrogens is 500 g/mol. The van der Waals surface area contributed by atoms with Gasteiger partial charge in [-0.2, -0.15) is 0 Å². The fourth-order valence-electron chi connectivity index (χ4n) is 9.07. The van der Waals surface area contributed by atoms with Crippen LogP contribution in [-0.2, 0) is 25.5 Å². The molecule has 1 aliphatic heterocycles. The number of carbonyl (C=O) groups is 1. The molecule has 4 aliphatic rings. The van der Waals surface area contributed by atoms with Crippen LogP contribution >= 0.6 is 0 Å². The molecule has 1 heterocycles. The van der Waals surface area contributed by atoms with Gasteiger partial charge in [-0.05, 0) is 57.1 Å². The van der Waals surface area contributed by atoms with E-state index in [4.69, 9.17) is 0 Å². The van der Waals surface area contributed by atoms with Crippen molar-refractivity contribution in [2.24, 2.45) is 23.7 Å². The van der Waals surface area contributed by atoms with E-state index < -0.39 is 20.7 Å². The molecule has 0 aromatic heterocycles. The Labute approximate surface area is 229 Å². The third-order valence-corrected chi connectivity index (χ3v) is 11.9. The molecule has 0 radical (unpaired) electrons.